The van der Waals surface area contributed by atoms with Crippen LogP contribution in [0.15, 0.2) is 18.2 Å². The van der Waals surface area contributed by atoms with E-state index in [1.165, 1.54) is 6.42 Å². The highest BCUT2D eigenvalue weighted by atomic mass is 35.5. The lowest BCUT2D eigenvalue weighted by atomic mass is 9.95. The molecule has 1 saturated carbocycles. The van der Waals surface area contributed by atoms with Gasteiger partial charge in [-0.05, 0) is 31.0 Å². The summed E-state index contributed by atoms with van der Waals surface area (Å²) in [5.41, 5.74) is 1.14. The summed E-state index contributed by atoms with van der Waals surface area (Å²) in [6, 6.07) is 5.34. The second-order valence-corrected chi connectivity index (χ2v) is 5.94. The van der Waals surface area contributed by atoms with Crippen molar-refractivity contribution in [2.24, 2.45) is 0 Å². The largest absolute Gasteiger partial charge is 0.376 e. The molecule has 1 aliphatic rings. The van der Waals surface area contributed by atoms with Crippen LogP contribution in [0.5, 0.6) is 0 Å². The van der Waals surface area contributed by atoms with E-state index in [4.69, 9.17) is 11.6 Å². The van der Waals surface area contributed by atoms with Crippen LogP contribution < -0.4 is 16.0 Å². The molecule has 0 aromatic heterocycles. The summed E-state index contributed by atoms with van der Waals surface area (Å²) in [5.74, 6) is -0.274. The third-order valence-corrected chi connectivity index (χ3v) is 4.21. The normalized spacial score (nSPS) is 15.2. The van der Waals surface area contributed by atoms with Gasteiger partial charge in [-0.15, -0.1) is 0 Å². The summed E-state index contributed by atoms with van der Waals surface area (Å²) >= 11 is 6.13. The molecule has 0 saturated heterocycles. The van der Waals surface area contributed by atoms with Gasteiger partial charge in [-0.25, -0.2) is 0 Å². The number of likely N-dealkylation sites (N-methyl/N-ethyl adjacent to an activating group) is 1. The van der Waals surface area contributed by atoms with Crippen LogP contribution in [0.1, 0.15) is 42.5 Å². The zero-order chi connectivity index (χ0) is 15.9. The maximum atomic E-state index is 12.4. The topological polar surface area (TPSA) is 70.2 Å². The second-order valence-electron chi connectivity index (χ2n) is 5.53. The van der Waals surface area contributed by atoms with Crippen molar-refractivity contribution >= 4 is 29.1 Å². The maximum Gasteiger partial charge on any atom is 0.253 e. The molecular formula is C16H22ClN3O2. The van der Waals surface area contributed by atoms with Crippen molar-refractivity contribution in [2.75, 3.05) is 18.9 Å². The minimum absolute atomic E-state index is 0.122. The zero-order valence-corrected chi connectivity index (χ0v) is 13.5. The minimum Gasteiger partial charge on any atom is -0.376 e. The molecule has 1 aromatic rings. The van der Waals surface area contributed by atoms with Crippen LogP contribution >= 0.6 is 11.6 Å². The van der Waals surface area contributed by atoms with E-state index in [0.29, 0.717) is 16.3 Å². The van der Waals surface area contributed by atoms with Crippen molar-refractivity contribution in [3.05, 3.63) is 28.8 Å². The lowest BCUT2D eigenvalue weighted by Crippen LogP contribution is -2.36. The lowest BCUT2D eigenvalue weighted by molar-refractivity contribution is -0.118. The van der Waals surface area contributed by atoms with E-state index in [1.54, 1.807) is 25.2 Å². The van der Waals surface area contributed by atoms with E-state index in [9.17, 15) is 9.59 Å². The summed E-state index contributed by atoms with van der Waals surface area (Å²) in [4.78, 5) is 23.6. The van der Waals surface area contributed by atoms with Crippen molar-refractivity contribution in [1.82, 2.24) is 10.6 Å². The third kappa shape index (κ3) is 4.63. The molecule has 2 amide bonds. The smallest absolute Gasteiger partial charge is 0.253 e. The standard InChI is InChI=1S/C16H22ClN3O2/c1-18-15(21)10-19-12-7-8-14(17)13(9-12)16(22)20-11-5-3-2-4-6-11/h7-9,11,19H,2-6,10H2,1H3,(H,18,21)(H,20,22). The van der Waals surface area contributed by atoms with Crippen LogP contribution in [0.2, 0.25) is 5.02 Å². The van der Waals surface area contributed by atoms with Gasteiger partial charge in [-0.1, -0.05) is 30.9 Å². The third-order valence-electron chi connectivity index (χ3n) is 3.88. The number of nitrogens with one attached hydrogen (secondary N) is 3. The summed E-state index contributed by atoms with van der Waals surface area (Å²) in [7, 11) is 1.58. The molecule has 1 aromatic carbocycles. The van der Waals surface area contributed by atoms with Gasteiger partial charge >= 0.3 is 0 Å². The van der Waals surface area contributed by atoms with Gasteiger partial charge in [-0.2, -0.15) is 0 Å². The summed E-state index contributed by atoms with van der Waals surface area (Å²) in [6.07, 6.45) is 5.61. The summed E-state index contributed by atoms with van der Waals surface area (Å²) in [6.45, 7) is 0.155. The molecule has 0 radical (unpaired) electrons. The molecule has 5 nitrogen and oxygen atoms in total. The van der Waals surface area contributed by atoms with Gasteiger partial charge < -0.3 is 16.0 Å². The van der Waals surface area contributed by atoms with Crippen LogP contribution in [0.4, 0.5) is 5.69 Å². The average Bonchev–Trinajstić information content (AvgIpc) is 2.54. The second kappa shape index (κ2) is 8.03. The Morgan fingerprint density at radius 2 is 1.95 bits per heavy atom. The molecule has 0 spiro atoms. The molecule has 120 valence electrons. The number of carbonyl (C=O) groups is 2. The Balaban J connectivity index is 2.01. The number of halogens is 1. The van der Waals surface area contributed by atoms with E-state index < -0.39 is 0 Å². The van der Waals surface area contributed by atoms with E-state index in [-0.39, 0.29) is 24.4 Å². The molecule has 3 N–H and O–H groups in total. The molecule has 0 heterocycles. The highest BCUT2D eigenvalue weighted by Crippen LogP contribution is 2.22. The van der Waals surface area contributed by atoms with Gasteiger partial charge in [0, 0.05) is 18.8 Å². The van der Waals surface area contributed by atoms with Crippen molar-refractivity contribution in [3.63, 3.8) is 0 Å². The van der Waals surface area contributed by atoms with Gasteiger partial charge in [0.15, 0.2) is 0 Å². The number of rotatable bonds is 5. The number of anilines is 1. The first kappa shape index (κ1) is 16.6. The van der Waals surface area contributed by atoms with Crippen LogP contribution in [0.3, 0.4) is 0 Å². The maximum absolute atomic E-state index is 12.4. The molecule has 1 fully saturated rings. The van der Waals surface area contributed by atoms with Crippen LogP contribution in [-0.2, 0) is 4.79 Å². The predicted octanol–water partition coefficient (Wildman–Crippen LogP) is 2.56. The van der Waals surface area contributed by atoms with Crippen LogP contribution in [0, 0.1) is 0 Å². The molecule has 2 rings (SSSR count). The van der Waals surface area contributed by atoms with E-state index >= 15 is 0 Å². The molecule has 0 unspecified atom stereocenters. The van der Waals surface area contributed by atoms with Crippen LogP contribution in [0.25, 0.3) is 0 Å². The Kier molecular flexibility index (Phi) is 6.07. The number of hydrogen-bond acceptors (Lipinski definition) is 3. The predicted molar refractivity (Wildman–Crippen MR) is 88.3 cm³/mol. The first-order valence-corrected chi connectivity index (χ1v) is 8.03. The first-order valence-electron chi connectivity index (χ1n) is 7.65. The Labute approximate surface area is 135 Å². The first-order chi connectivity index (χ1) is 10.6. The number of hydrogen-bond donors (Lipinski definition) is 3. The van der Waals surface area contributed by atoms with Crippen LogP contribution in [-0.4, -0.2) is 31.4 Å². The Bertz CT molecular complexity index is 542. The molecule has 22 heavy (non-hydrogen) atoms. The quantitative estimate of drug-likeness (QED) is 0.780. The average molecular weight is 324 g/mol. The molecule has 6 heteroatoms. The molecule has 0 atom stereocenters. The molecule has 0 bridgehead atoms. The van der Waals surface area contributed by atoms with Gasteiger partial charge in [0.25, 0.3) is 5.91 Å². The van der Waals surface area contributed by atoms with Crippen molar-refractivity contribution in [1.29, 1.82) is 0 Å². The molecular weight excluding hydrogens is 302 g/mol. The highest BCUT2D eigenvalue weighted by Gasteiger charge is 2.18. The number of benzene rings is 1. The van der Waals surface area contributed by atoms with Crippen molar-refractivity contribution < 1.29 is 9.59 Å². The van der Waals surface area contributed by atoms with E-state index in [1.807, 2.05) is 0 Å². The number of carbonyl (C=O) groups excluding carboxylic acids is 2. The fraction of sp³-hybridized carbons (Fsp3) is 0.500. The number of amides is 2. The fourth-order valence-corrected chi connectivity index (χ4v) is 2.79. The Morgan fingerprint density at radius 1 is 1.23 bits per heavy atom. The molecule has 1 aliphatic carbocycles. The lowest BCUT2D eigenvalue weighted by Gasteiger charge is -2.23. The molecule has 0 aliphatic heterocycles. The van der Waals surface area contributed by atoms with Gasteiger partial charge in [0.1, 0.15) is 0 Å². The minimum atomic E-state index is -0.152. The monoisotopic (exact) mass is 323 g/mol. The van der Waals surface area contributed by atoms with E-state index in [2.05, 4.69) is 16.0 Å². The van der Waals surface area contributed by atoms with Gasteiger partial charge in [0.2, 0.25) is 5.91 Å². The van der Waals surface area contributed by atoms with Gasteiger partial charge in [-0.3, -0.25) is 9.59 Å². The van der Waals surface area contributed by atoms with Crippen molar-refractivity contribution in [3.8, 4) is 0 Å². The van der Waals surface area contributed by atoms with Gasteiger partial charge in [0.05, 0.1) is 17.1 Å². The summed E-state index contributed by atoms with van der Waals surface area (Å²) < 4.78 is 0. The fourth-order valence-electron chi connectivity index (χ4n) is 2.59. The zero-order valence-electron chi connectivity index (χ0n) is 12.7. The Hall–Kier alpha value is -1.75. The highest BCUT2D eigenvalue weighted by molar-refractivity contribution is 6.34. The summed E-state index contributed by atoms with van der Waals surface area (Å²) in [5, 5.41) is 8.97. The van der Waals surface area contributed by atoms with Crippen molar-refractivity contribution in [2.45, 2.75) is 38.1 Å². The Morgan fingerprint density at radius 3 is 2.64 bits per heavy atom. The SMILES string of the molecule is CNC(=O)CNc1ccc(Cl)c(C(=O)NC2CCCCC2)c1. The van der Waals surface area contributed by atoms with E-state index in [0.717, 1.165) is 25.7 Å².